The zero-order valence-corrected chi connectivity index (χ0v) is 17.8. The van der Waals surface area contributed by atoms with Crippen molar-refractivity contribution >= 4 is 44.8 Å². The van der Waals surface area contributed by atoms with Crippen molar-refractivity contribution in [1.82, 2.24) is 4.31 Å². The van der Waals surface area contributed by atoms with E-state index in [-0.39, 0.29) is 29.7 Å². The lowest BCUT2D eigenvalue weighted by Gasteiger charge is -2.17. The number of nitrogens with one attached hydrogen (secondary N) is 1. The molecule has 0 spiro atoms. The standard InChI is InChI=1S/C21H22ClN3O4S/c22-16-4-3-5-18(13-16)25-14-15(12-20(25)26)21(27)23-17-6-8-19(9-7-17)30(28,29)24-10-1-2-11-24/h3-9,13,15H,1-2,10-12,14H2,(H,23,27). The molecule has 2 aliphatic heterocycles. The van der Waals surface area contributed by atoms with Crippen molar-refractivity contribution in [2.45, 2.75) is 24.2 Å². The Morgan fingerprint density at radius 3 is 2.43 bits per heavy atom. The third kappa shape index (κ3) is 4.21. The summed E-state index contributed by atoms with van der Waals surface area (Å²) in [6.45, 7) is 1.35. The molecule has 0 aliphatic carbocycles. The van der Waals surface area contributed by atoms with E-state index in [0.29, 0.717) is 29.5 Å². The van der Waals surface area contributed by atoms with Gasteiger partial charge in [-0.05, 0) is 55.3 Å². The molecule has 2 amide bonds. The molecule has 158 valence electrons. The van der Waals surface area contributed by atoms with Crippen LogP contribution in [0.2, 0.25) is 5.02 Å². The largest absolute Gasteiger partial charge is 0.326 e. The summed E-state index contributed by atoms with van der Waals surface area (Å²) in [5.74, 6) is -0.906. The summed E-state index contributed by atoms with van der Waals surface area (Å²) in [7, 11) is -3.49. The summed E-state index contributed by atoms with van der Waals surface area (Å²) in [5, 5.41) is 3.31. The van der Waals surface area contributed by atoms with Gasteiger partial charge in [0, 0.05) is 42.5 Å². The third-order valence-electron chi connectivity index (χ3n) is 5.44. The number of hydrogen-bond acceptors (Lipinski definition) is 4. The summed E-state index contributed by atoms with van der Waals surface area (Å²) < 4.78 is 26.7. The first-order valence-electron chi connectivity index (χ1n) is 9.81. The molecule has 9 heteroatoms. The number of sulfonamides is 1. The Hall–Kier alpha value is -2.42. The minimum absolute atomic E-state index is 0.111. The number of carbonyl (C=O) groups excluding carboxylic acids is 2. The quantitative estimate of drug-likeness (QED) is 0.762. The first-order valence-corrected chi connectivity index (χ1v) is 11.6. The van der Waals surface area contributed by atoms with Crippen LogP contribution >= 0.6 is 11.6 Å². The third-order valence-corrected chi connectivity index (χ3v) is 7.59. The molecule has 0 bridgehead atoms. The Labute approximate surface area is 180 Å². The van der Waals surface area contributed by atoms with Gasteiger partial charge in [0.2, 0.25) is 21.8 Å². The van der Waals surface area contributed by atoms with Gasteiger partial charge in [-0.3, -0.25) is 9.59 Å². The first kappa shape index (κ1) is 20.8. The van der Waals surface area contributed by atoms with Gasteiger partial charge in [-0.2, -0.15) is 4.31 Å². The second kappa shape index (κ2) is 8.37. The molecule has 0 radical (unpaired) electrons. The average Bonchev–Trinajstić information content (AvgIpc) is 3.39. The van der Waals surface area contributed by atoms with Gasteiger partial charge in [-0.25, -0.2) is 8.42 Å². The molecule has 2 fully saturated rings. The van der Waals surface area contributed by atoms with E-state index in [4.69, 9.17) is 11.6 Å². The SMILES string of the molecule is O=C(Nc1ccc(S(=O)(=O)N2CCCC2)cc1)C1CC(=O)N(c2cccc(Cl)c2)C1. The van der Waals surface area contributed by atoms with Crippen LogP contribution in [-0.4, -0.2) is 44.2 Å². The fraction of sp³-hybridized carbons (Fsp3) is 0.333. The number of hydrogen-bond donors (Lipinski definition) is 1. The second-order valence-corrected chi connectivity index (χ2v) is 9.88. The lowest BCUT2D eigenvalue weighted by atomic mass is 10.1. The predicted molar refractivity (Wildman–Crippen MR) is 115 cm³/mol. The number of halogens is 1. The Morgan fingerprint density at radius 1 is 1.07 bits per heavy atom. The maximum atomic E-state index is 12.7. The second-order valence-electron chi connectivity index (χ2n) is 7.51. The molecule has 1 N–H and O–H groups in total. The van der Waals surface area contributed by atoms with Gasteiger partial charge >= 0.3 is 0 Å². The van der Waals surface area contributed by atoms with Crippen molar-refractivity contribution in [1.29, 1.82) is 0 Å². The molecule has 2 saturated heterocycles. The van der Waals surface area contributed by atoms with E-state index < -0.39 is 15.9 Å². The minimum atomic E-state index is -3.49. The summed E-state index contributed by atoms with van der Waals surface area (Å²) in [6.07, 6.45) is 1.86. The van der Waals surface area contributed by atoms with Crippen LogP contribution in [0.5, 0.6) is 0 Å². The molecule has 4 rings (SSSR count). The molecule has 7 nitrogen and oxygen atoms in total. The fourth-order valence-electron chi connectivity index (χ4n) is 3.81. The van der Waals surface area contributed by atoms with Gasteiger partial charge in [0.05, 0.1) is 10.8 Å². The smallest absolute Gasteiger partial charge is 0.243 e. The van der Waals surface area contributed by atoms with E-state index in [9.17, 15) is 18.0 Å². The average molecular weight is 448 g/mol. The van der Waals surface area contributed by atoms with Gasteiger partial charge in [0.15, 0.2) is 0 Å². The highest BCUT2D eigenvalue weighted by Crippen LogP contribution is 2.28. The zero-order chi connectivity index (χ0) is 21.3. The highest BCUT2D eigenvalue weighted by molar-refractivity contribution is 7.89. The van der Waals surface area contributed by atoms with E-state index in [1.165, 1.54) is 16.4 Å². The molecular weight excluding hydrogens is 426 g/mol. The van der Waals surface area contributed by atoms with Crippen LogP contribution in [0.1, 0.15) is 19.3 Å². The molecule has 1 atom stereocenters. The molecule has 1 unspecified atom stereocenters. The van der Waals surface area contributed by atoms with Crippen LogP contribution < -0.4 is 10.2 Å². The van der Waals surface area contributed by atoms with E-state index >= 15 is 0 Å². The van der Waals surface area contributed by atoms with Crippen molar-refractivity contribution in [2.24, 2.45) is 5.92 Å². The van der Waals surface area contributed by atoms with Crippen molar-refractivity contribution in [3.63, 3.8) is 0 Å². The topological polar surface area (TPSA) is 86.8 Å². The molecular formula is C21H22ClN3O4S. The molecule has 0 saturated carbocycles. The van der Waals surface area contributed by atoms with Gasteiger partial charge in [-0.1, -0.05) is 17.7 Å². The van der Waals surface area contributed by atoms with Crippen LogP contribution in [0.15, 0.2) is 53.4 Å². The van der Waals surface area contributed by atoms with Gasteiger partial charge in [0.25, 0.3) is 0 Å². The van der Waals surface area contributed by atoms with E-state index in [2.05, 4.69) is 5.32 Å². The first-order chi connectivity index (χ1) is 14.3. The highest BCUT2D eigenvalue weighted by atomic mass is 35.5. The van der Waals surface area contributed by atoms with E-state index in [1.807, 2.05) is 0 Å². The zero-order valence-electron chi connectivity index (χ0n) is 16.3. The number of amides is 2. The normalized spacial score (nSPS) is 20.0. The van der Waals surface area contributed by atoms with Crippen LogP contribution in [0, 0.1) is 5.92 Å². The molecule has 2 heterocycles. The summed E-state index contributed by atoms with van der Waals surface area (Å²) >= 11 is 6.00. The fourth-order valence-corrected chi connectivity index (χ4v) is 5.51. The summed E-state index contributed by atoms with van der Waals surface area (Å²) in [6, 6.07) is 13.1. The van der Waals surface area contributed by atoms with Crippen LogP contribution in [-0.2, 0) is 19.6 Å². The lowest BCUT2D eigenvalue weighted by molar-refractivity contribution is -0.122. The predicted octanol–water partition coefficient (Wildman–Crippen LogP) is 3.12. The highest BCUT2D eigenvalue weighted by Gasteiger charge is 2.35. The lowest BCUT2D eigenvalue weighted by Crippen LogP contribution is -2.28. The van der Waals surface area contributed by atoms with Crippen LogP contribution in [0.3, 0.4) is 0 Å². The number of rotatable bonds is 5. The molecule has 30 heavy (non-hydrogen) atoms. The van der Waals surface area contributed by atoms with Gasteiger partial charge < -0.3 is 10.2 Å². The summed E-state index contributed by atoms with van der Waals surface area (Å²) in [4.78, 5) is 26.8. The molecule has 2 aromatic carbocycles. The molecule has 0 aromatic heterocycles. The number of benzene rings is 2. The van der Waals surface area contributed by atoms with E-state index in [0.717, 1.165) is 12.8 Å². The number of nitrogens with zero attached hydrogens (tertiary/aromatic N) is 2. The number of anilines is 2. The maximum Gasteiger partial charge on any atom is 0.243 e. The van der Waals surface area contributed by atoms with Crippen LogP contribution in [0.4, 0.5) is 11.4 Å². The van der Waals surface area contributed by atoms with Crippen LogP contribution in [0.25, 0.3) is 0 Å². The van der Waals surface area contributed by atoms with Gasteiger partial charge in [-0.15, -0.1) is 0 Å². The Kier molecular flexibility index (Phi) is 5.81. The molecule has 2 aromatic rings. The minimum Gasteiger partial charge on any atom is -0.326 e. The van der Waals surface area contributed by atoms with Crippen molar-refractivity contribution in [2.75, 3.05) is 29.9 Å². The Bertz CT molecular complexity index is 1070. The van der Waals surface area contributed by atoms with Crippen molar-refractivity contribution in [3.8, 4) is 0 Å². The van der Waals surface area contributed by atoms with E-state index in [1.54, 1.807) is 41.3 Å². The maximum absolute atomic E-state index is 12.7. The molecule has 2 aliphatic rings. The van der Waals surface area contributed by atoms with Gasteiger partial charge in [0.1, 0.15) is 0 Å². The Balaban J connectivity index is 1.41. The Morgan fingerprint density at radius 2 is 1.77 bits per heavy atom. The van der Waals surface area contributed by atoms with Crippen molar-refractivity contribution < 1.29 is 18.0 Å². The number of carbonyl (C=O) groups is 2. The monoisotopic (exact) mass is 447 g/mol. The van der Waals surface area contributed by atoms with Crippen molar-refractivity contribution in [3.05, 3.63) is 53.6 Å². The summed E-state index contributed by atoms with van der Waals surface area (Å²) in [5.41, 5.74) is 1.16.